The van der Waals surface area contributed by atoms with Gasteiger partial charge in [-0.15, -0.1) is 11.3 Å². The van der Waals surface area contributed by atoms with Gasteiger partial charge in [0.25, 0.3) is 0 Å². The number of urea groups is 1. The normalized spacial score (nSPS) is 19.6. The predicted molar refractivity (Wildman–Crippen MR) is 144 cm³/mol. The molecule has 6 rings (SSSR count). The molecule has 1 aliphatic heterocycles. The number of nitriles is 1. The molecular formula is C28H27N7OS. The molecule has 186 valence electrons. The first-order valence-electron chi connectivity index (χ1n) is 12.5. The van der Waals surface area contributed by atoms with Gasteiger partial charge in [0, 0.05) is 36.3 Å². The molecule has 2 aliphatic rings. The summed E-state index contributed by atoms with van der Waals surface area (Å²) in [5.41, 5.74) is 10.4. The van der Waals surface area contributed by atoms with Crippen molar-refractivity contribution in [3.05, 3.63) is 65.1 Å². The van der Waals surface area contributed by atoms with Gasteiger partial charge in [-0.05, 0) is 49.1 Å². The van der Waals surface area contributed by atoms with E-state index in [1.54, 1.807) is 23.7 Å². The fraction of sp³-hybridized carbons (Fsp3) is 0.321. The highest BCUT2D eigenvalue weighted by Gasteiger charge is 2.48. The smallest absolute Gasteiger partial charge is 0.315 e. The van der Waals surface area contributed by atoms with Gasteiger partial charge in [-0.2, -0.15) is 5.26 Å². The van der Waals surface area contributed by atoms with Crippen molar-refractivity contribution in [2.45, 2.75) is 31.7 Å². The topological polar surface area (TPSA) is 121 Å². The van der Waals surface area contributed by atoms with Crippen molar-refractivity contribution in [2.75, 3.05) is 19.6 Å². The van der Waals surface area contributed by atoms with E-state index in [2.05, 4.69) is 33.5 Å². The van der Waals surface area contributed by atoms with Crippen molar-refractivity contribution >= 4 is 28.3 Å². The number of aryl methyl sites for hydroxylation is 1. The van der Waals surface area contributed by atoms with Gasteiger partial charge in [0.05, 0.1) is 27.7 Å². The Balaban J connectivity index is 1.58. The van der Waals surface area contributed by atoms with Gasteiger partial charge in [-0.1, -0.05) is 31.0 Å². The number of hydrogen-bond donors (Lipinski definition) is 2. The van der Waals surface area contributed by atoms with Crippen LogP contribution in [0.15, 0.2) is 48.8 Å². The Bertz CT molecular complexity index is 1550. The summed E-state index contributed by atoms with van der Waals surface area (Å²) in [6.45, 7) is 3.84. The quantitative estimate of drug-likeness (QED) is 0.406. The second-order valence-electron chi connectivity index (χ2n) is 9.93. The Labute approximate surface area is 219 Å². The first-order valence-corrected chi connectivity index (χ1v) is 13.3. The van der Waals surface area contributed by atoms with Crippen LogP contribution < -0.4 is 11.1 Å². The number of hydrogen-bond acceptors (Lipinski definition) is 7. The lowest BCUT2D eigenvalue weighted by Crippen LogP contribution is -2.62. The fourth-order valence-corrected chi connectivity index (χ4v) is 6.64. The van der Waals surface area contributed by atoms with Crippen molar-refractivity contribution in [3.63, 3.8) is 0 Å². The zero-order valence-corrected chi connectivity index (χ0v) is 21.4. The molecular weight excluding hydrogens is 482 g/mol. The Hall–Kier alpha value is -3.87. The summed E-state index contributed by atoms with van der Waals surface area (Å²) < 4.78 is 0. The second kappa shape index (κ2) is 9.21. The number of benzene rings is 2. The van der Waals surface area contributed by atoms with Crippen molar-refractivity contribution < 1.29 is 4.79 Å². The van der Waals surface area contributed by atoms with E-state index in [9.17, 15) is 10.1 Å². The lowest BCUT2D eigenvalue weighted by molar-refractivity contribution is 0.0787. The molecule has 9 heteroatoms. The lowest BCUT2D eigenvalue weighted by atomic mass is 9.89. The number of nitrogens with zero attached hydrogens (tertiary/aromatic N) is 5. The Morgan fingerprint density at radius 3 is 2.89 bits per heavy atom. The first-order chi connectivity index (χ1) is 18.0. The van der Waals surface area contributed by atoms with Crippen LogP contribution in [-0.4, -0.2) is 45.5 Å². The summed E-state index contributed by atoms with van der Waals surface area (Å²) in [7, 11) is 0. The Morgan fingerprint density at radius 1 is 1.24 bits per heavy atom. The van der Waals surface area contributed by atoms with Crippen molar-refractivity contribution in [1.29, 1.82) is 5.26 Å². The minimum atomic E-state index is -0.606. The summed E-state index contributed by atoms with van der Waals surface area (Å²) in [6, 6.07) is 15.5. The van der Waals surface area contributed by atoms with E-state index < -0.39 is 11.6 Å². The van der Waals surface area contributed by atoms with Crippen molar-refractivity contribution in [2.24, 2.45) is 11.7 Å². The minimum absolute atomic E-state index is 0.412. The van der Waals surface area contributed by atoms with Crippen LogP contribution in [0.5, 0.6) is 0 Å². The van der Waals surface area contributed by atoms with Crippen LogP contribution in [0.25, 0.3) is 32.6 Å². The molecule has 2 amide bonds. The van der Waals surface area contributed by atoms with E-state index in [0.717, 1.165) is 62.6 Å². The van der Waals surface area contributed by atoms with Crippen LogP contribution in [0, 0.1) is 24.2 Å². The molecule has 0 bridgehead atoms. The van der Waals surface area contributed by atoms with E-state index >= 15 is 0 Å². The molecule has 1 unspecified atom stereocenters. The maximum Gasteiger partial charge on any atom is 0.315 e. The standard InChI is InChI=1S/C28H27N7OS/c1-17-22-12-21(7-8-23(22)33-16-32-17)25-24(20-4-2-3-19(11-20)14-29)34-26(37-25)28(13-18-5-6-18)15-31-9-10-35(28)27(30)36/h2-4,7-8,11-12,16,18,31H,5-6,9-10,13,15H2,1H3,(H2,30,36). The van der Waals surface area contributed by atoms with Gasteiger partial charge in [-0.25, -0.2) is 19.7 Å². The molecule has 37 heavy (non-hydrogen) atoms. The predicted octanol–water partition coefficient (Wildman–Crippen LogP) is 4.58. The molecule has 1 aliphatic carbocycles. The summed E-state index contributed by atoms with van der Waals surface area (Å²) in [5, 5.41) is 14.9. The zero-order chi connectivity index (χ0) is 25.6. The minimum Gasteiger partial charge on any atom is -0.351 e. The maximum atomic E-state index is 12.7. The molecule has 3 N–H and O–H groups in total. The number of primary amides is 1. The highest BCUT2D eigenvalue weighted by molar-refractivity contribution is 7.15. The number of piperazine rings is 1. The number of fused-ring (bicyclic) bond motifs is 1. The summed E-state index contributed by atoms with van der Waals surface area (Å²) in [6.07, 6.45) is 4.73. The Morgan fingerprint density at radius 2 is 2.11 bits per heavy atom. The van der Waals surface area contributed by atoms with E-state index in [4.69, 9.17) is 10.7 Å². The van der Waals surface area contributed by atoms with Gasteiger partial charge in [0.1, 0.15) is 16.9 Å². The number of rotatable bonds is 5. The molecule has 1 saturated carbocycles. The number of carbonyl (C=O) groups excluding carboxylic acids is 1. The van der Waals surface area contributed by atoms with Crippen LogP contribution in [0.4, 0.5) is 4.79 Å². The monoisotopic (exact) mass is 509 g/mol. The number of amides is 2. The lowest BCUT2D eigenvalue weighted by Gasteiger charge is -2.45. The Kier molecular flexibility index (Phi) is 5.86. The van der Waals surface area contributed by atoms with Gasteiger partial charge < -0.3 is 16.0 Å². The largest absolute Gasteiger partial charge is 0.351 e. The van der Waals surface area contributed by atoms with Crippen LogP contribution in [0.2, 0.25) is 0 Å². The average Bonchev–Trinajstić information content (AvgIpc) is 3.61. The van der Waals surface area contributed by atoms with Gasteiger partial charge in [0.15, 0.2) is 0 Å². The number of nitrogens with one attached hydrogen (secondary N) is 1. The highest BCUT2D eigenvalue weighted by Crippen LogP contribution is 2.49. The van der Waals surface area contributed by atoms with E-state index in [-0.39, 0.29) is 0 Å². The SMILES string of the molecule is Cc1ncnc2ccc(-c3sc(C4(CC5CC5)CNCCN4C(N)=O)nc3-c3cccc(C#N)c3)cc12. The third-order valence-corrected chi connectivity index (χ3v) is 8.72. The highest BCUT2D eigenvalue weighted by atomic mass is 32.1. The molecule has 2 fully saturated rings. The van der Waals surface area contributed by atoms with Crippen LogP contribution in [0.1, 0.15) is 35.5 Å². The van der Waals surface area contributed by atoms with Crippen molar-refractivity contribution in [1.82, 2.24) is 25.2 Å². The molecule has 2 aromatic carbocycles. The number of thiazole rings is 1. The van der Waals surface area contributed by atoms with Gasteiger partial charge in [-0.3, -0.25) is 0 Å². The molecule has 1 atom stereocenters. The second-order valence-corrected chi connectivity index (χ2v) is 10.9. The molecule has 4 aromatic rings. The van der Waals surface area contributed by atoms with Crippen LogP contribution in [0.3, 0.4) is 0 Å². The van der Waals surface area contributed by atoms with Crippen molar-refractivity contribution in [3.8, 4) is 27.8 Å². The first kappa shape index (κ1) is 23.5. The summed E-state index contributed by atoms with van der Waals surface area (Å²) in [5.74, 6) is 0.555. The van der Waals surface area contributed by atoms with Crippen LogP contribution >= 0.6 is 11.3 Å². The van der Waals surface area contributed by atoms with E-state index in [0.29, 0.717) is 31.1 Å². The van der Waals surface area contributed by atoms with Crippen LogP contribution in [-0.2, 0) is 5.54 Å². The van der Waals surface area contributed by atoms with Gasteiger partial charge in [0.2, 0.25) is 0 Å². The van der Waals surface area contributed by atoms with E-state index in [1.165, 1.54) is 0 Å². The third-order valence-electron chi connectivity index (χ3n) is 7.42. The third kappa shape index (κ3) is 4.22. The number of nitrogens with two attached hydrogens (primary N) is 1. The number of aromatic nitrogens is 3. The molecule has 3 heterocycles. The maximum absolute atomic E-state index is 12.7. The van der Waals surface area contributed by atoms with Gasteiger partial charge >= 0.3 is 6.03 Å². The summed E-state index contributed by atoms with van der Waals surface area (Å²) in [4.78, 5) is 29.5. The average molecular weight is 510 g/mol. The zero-order valence-electron chi connectivity index (χ0n) is 20.6. The molecule has 1 saturated heterocycles. The molecule has 0 spiro atoms. The number of carbonyl (C=O) groups is 1. The fourth-order valence-electron chi connectivity index (χ4n) is 5.35. The molecule has 0 radical (unpaired) electrons. The summed E-state index contributed by atoms with van der Waals surface area (Å²) >= 11 is 1.61. The van der Waals surface area contributed by atoms with E-state index in [1.807, 2.05) is 36.1 Å². The molecule has 2 aromatic heterocycles. The molecule has 8 nitrogen and oxygen atoms in total.